The number of halogens is 3. The third kappa shape index (κ3) is 4.27. The zero-order valence-corrected chi connectivity index (χ0v) is 18.6. The van der Waals surface area contributed by atoms with Crippen LogP contribution in [0.5, 0.6) is 0 Å². The number of carbonyl (C=O) groups excluding carboxylic acids is 1. The Labute approximate surface area is 194 Å². The second-order valence-electron chi connectivity index (χ2n) is 8.67. The molecule has 8 nitrogen and oxygen atoms in total. The van der Waals surface area contributed by atoms with E-state index < -0.39 is 17.8 Å². The normalized spacial score (nSPS) is 21.5. The Morgan fingerprint density at radius 1 is 1.24 bits per heavy atom. The number of carbonyl (C=O) groups is 1. The van der Waals surface area contributed by atoms with Crippen molar-refractivity contribution in [1.82, 2.24) is 14.8 Å². The third-order valence-corrected chi connectivity index (χ3v) is 6.52. The van der Waals surface area contributed by atoms with Gasteiger partial charge in [-0.2, -0.15) is 18.4 Å². The van der Waals surface area contributed by atoms with E-state index >= 15 is 0 Å². The zero-order chi connectivity index (χ0) is 24.6. The minimum Gasteiger partial charge on any atom is -0.370 e. The molecule has 2 unspecified atom stereocenters. The van der Waals surface area contributed by atoms with Crippen LogP contribution in [0.1, 0.15) is 18.9 Å². The monoisotopic (exact) mass is 471 g/mol. The maximum atomic E-state index is 13.2. The highest BCUT2D eigenvalue weighted by molar-refractivity contribution is 6.03. The van der Waals surface area contributed by atoms with Crippen molar-refractivity contribution in [2.24, 2.45) is 11.8 Å². The van der Waals surface area contributed by atoms with E-state index in [9.17, 15) is 23.2 Å². The number of nitrogens with zero attached hydrogens (tertiary/aromatic N) is 5. The van der Waals surface area contributed by atoms with Crippen LogP contribution < -0.4 is 4.90 Å². The summed E-state index contributed by atoms with van der Waals surface area (Å²) >= 11 is 0. The summed E-state index contributed by atoms with van der Waals surface area (Å²) in [4.78, 5) is 21.7. The molecule has 2 aliphatic heterocycles. The number of amides is 1. The molecule has 0 aliphatic carbocycles. The molecule has 2 fully saturated rings. The van der Waals surface area contributed by atoms with E-state index in [1.54, 1.807) is 6.20 Å². The molecule has 0 saturated carbocycles. The van der Waals surface area contributed by atoms with Gasteiger partial charge in [0.05, 0.1) is 23.3 Å². The molecular formula is C23H24F3N7O. The fourth-order valence-electron chi connectivity index (χ4n) is 4.79. The first kappa shape index (κ1) is 23.5. The van der Waals surface area contributed by atoms with Gasteiger partial charge in [-0.25, -0.2) is 0 Å². The van der Waals surface area contributed by atoms with E-state index in [2.05, 4.69) is 16.0 Å². The molecule has 0 spiro atoms. The number of pyridine rings is 1. The van der Waals surface area contributed by atoms with Crippen molar-refractivity contribution in [2.45, 2.75) is 19.5 Å². The van der Waals surface area contributed by atoms with Gasteiger partial charge in [-0.3, -0.25) is 20.6 Å². The molecule has 1 amide bonds. The predicted octanol–water partition coefficient (Wildman–Crippen LogP) is 3.23. The van der Waals surface area contributed by atoms with Crippen LogP contribution in [0, 0.1) is 34.0 Å². The third-order valence-electron chi connectivity index (χ3n) is 6.52. The number of para-hydroxylation sites is 1. The SMILES string of the molecule is CC1CN(c2c(C#N)cnc3ccccc23)CCC1C(=O)N1CCN(C(=N)C(F)(F)F)C(=N)C1. The number of nitriles is 1. The summed E-state index contributed by atoms with van der Waals surface area (Å²) in [5.41, 5.74) is 2.04. The molecule has 3 heterocycles. The Morgan fingerprint density at radius 2 is 1.97 bits per heavy atom. The number of fused-ring (bicyclic) bond motifs is 1. The van der Waals surface area contributed by atoms with Gasteiger partial charge in [-0.15, -0.1) is 0 Å². The summed E-state index contributed by atoms with van der Waals surface area (Å²) in [6.45, 7) is 2.57. The molecule has 2 N–H and O–H groups in total. The van der Waals surface area contributed by atoms with Crippen LogP contribution in [-0.4, -0.2) is 71.3 Å². The minimum absolute atomic E-state index is 0.0280. The molecule has 34 heavy (non-hydrogen) atoms. The van der Waals surface area contributed by atoms with Crippen LogP contribution in [0.15, 0.2) is 30.5 Å². The van der Waals surface area contributed by atoms with Crippen molar-refractivity contribution in [2.75, 3.05) is 37.6 Å². The van der Waals surface area contributed by atoms with E-state index in [4.69, 9.17) is 10.8 Å². The lowest BCUT2D eigenvalue weighted by molar-refractivity contribution is -0.137. The molecule has 2 aliphatic rings. The van der Waals surface area contributed by atoms with Crippen LogP contribution in [0.4, 0.5) is 18.9 Å². The largest absolute Gasteiger partial charge is 0.449 e. The highest BCUT2D eigenvalue weighted by atomic mass is 19.4. The fraction of sp³-hybridized carbons (Fsp3) is 0.435. The highest BCUT2D eigenvalue weighted by Crippen LogP contribution is 2.35. The van der Waals surface area contributed by atoms with Gasteiger partial charge < -0.3 is 14.7 Å². The smallest absolute Gasteiger partial charge is 0.370 e. The van der Waals surface area contributed by atoms with Gasteiger partial charge in [0.25, 0.3) is 0 Å². The summed E-state index contributed by atoms with van der Waals surface area (Å²) < 4.78 is 38.6. The summed E-state index contributed by atoms with van der Waals surface area (Å²) in [6, 6.07) is 9.78. The zero-order valence-electron chi connectivity index (χ0n) is 18.6. The van der Waals surface area contributed by atoms with Gasteiger partial charge in [-0.1, -0.05) is 25.1 Å². The maximum Gasteiger partial charge on any atom is 0.449 e. The van der Waals surface area contributed by atoms with E-state index in [0.717, 1.165) is 16.6 Å². The molecule has 1 aromatic heterocycles. The Balaban J connectivity index is 1.47. The summed E-state index contributed by atoms with van der Waals surface area (Å²) in [6.07, 6.45) is -2.75. The van der Waals surface area contributed by atoms with Crippen molar-refractivity contribution in [3.63, 3.8) is 0 Å². The first-order valence-corrected chi connectivity index (χ1v) is 10.9. The Bertz CT molecular complexity index is 1190. The number of alkyl halides is 3. The summed E-state index contributed by atoms with van der Waals surface area (Å²) in [5, 5.41) is 25.7. The second kappa shape index (κ2) is 8.93. The summed E-state index contributed by atoms with van der Waals surface area (Å²) in [7, 11) is 0. The minimum atomic E-state index is -4.83. The van der Waals surface area contributed by atoms with Gasteiger partial charge in [0.1, 0.15) is 11.9 Å². The topological polar surface area (TPSA) is 111 Å². The molecule has 0 radical (unpaired) electrons. The summed E-state index contributed by atoms with van der Waals surface area (Å²) in [5.74, 6) is -2.58. The number of rotatable bonds is 2. The van der Waals surface area contributed by atoms with Gasteiger partial charge in [-0.05, 0) is 18.4 Å². The van der Waals surface area contributed by atoms with Crippen molar-refractivity contribution >= 4 is 34.2 Å². The Hall–Kier alpha value is -3.68. The molecule has 4 rings (SSSR count). The molecule has 2 aromatic rings. The molecule has 2 saturated heterocycles. The fourth-order valence-corrected chi connectivity index (χ4v) is 4.79. The van der Waals surface area contributed by atoms with Gasteiger partial charge in [0.2, 0.25) is 11.7 Å². The van der Waals surface area contributed by atoms with Gasteiger partial charge in [0, 0.05) is 43.7 Å². The van der Waals surface area contributed by atoms with Crippen LogP contribution in [0.2, 0.25) is 0 Å². The molecule has 178 valence electrons. The molecule has 1 aromatic carbocycles. The standard InChI is InChI=1S/C23H24F3N7O/c1-14-12-31(20-15(10-27)11-30-18-5-3-2-4-17(18)20)7-6-16(14)21(34)32-8-9-33(19(28)13-32)22(29)23(24,25)26/h2-5,11,14,16,28-29H,6-9,12-13H2,1H3. The highest BCUT2D eigenvalue weighted by Gasteiger charge is 2.43. The number of hydrogen-bond acceptors (Lipinski definition) is 6. The average Bonchev–Trinajstić information content (AvgIpc) is 2.81. The van der Waals surface area contributed by atoms with Crippen molar-refractivity contribution < 1.29 is 18.0 Å². The number of aromatic nitrogens is 1. The van der Waals surface area contributed by atoms with Crippen LogP contribution in [-0.2, 0) is 4.79 Å². The Kier molecular flexibility index (Phi) is 6.17. The average molecular weight is 471 g/mol. The lowest BCUT2D eigenvalue weighted by Gasteiger charge is -2.42. The van der Waals surface area contributed by atoms with Gasteiger partial charge in [0.15, 0.2) is 0 Å². The number of hydrogen-bond donors (Lipinski definition) is 2. The number of anilines is 1. The maximum absolute atomic E-state index is 13.2. The number of benzene rings is 1. The van der Waals surface area contributed by atoms with Crippen LogP contribution in [0.3, 0.4) is 0 Å². The number of amidine groups is 2. The van der Waals surface area contributed by atoms with E-state index in [1.807, 2.05) is 31.2 Å². The molecular weight excluding hydrogens is 447 g/mol. The number of piperidine rings is 1. The van der Waals surface area contributed by atoms with Crippen molar-refractivity contribution in [3.05, 3.63) is 36.0 Å². The van der Waals surface area contributed by atoms with Crippen LogP contribution >= 0.6 is 0 Å². The van der Waals surface area contributed by atoms with Crippen molar-refractivity contribution in [1.29, 1.82) is 16.1 Å². The molecule has 11 heteroatoms. The van der Waals surface area contributed by atoms with E-state index in [1.165, 1.54) is 4.90 Å². The van der Waals surface area contributed by atoms with Crippen LogP contribution in [0.25, 0.3) is 10.9 Å². The van der Waals surface area contributed by atoms with E-state index in [0.29, 0.717) is 30.0 Å². The first-order chi connectivity index (χ1) is 16.1. The first-order valence-electron chi connectivity index (χ1n) is 10.9. The Morgan fingerprint density at radius 3 is 2.62 bits per heavy atom. The predicted molar refractivity (Wildman–Crippen MR) is 121 cm³/mol. The van der Waals surface area contributed by atoms with Crippen molar-refractivity contribution in [3.8, 4) is 6.07 Å². The quantitative estimate of drug-likeness (QED) is 0.516. The second-order valence-corrected chi connectivity index (χ2v) is 8.67. The number of nitrogens with one attached hydrogen (secondary N) is 2. The lowest BCUT2D eigenvalue weighted by atomic mass is 9.85. The van der Waals surface area contributed by atoms with E-state index in [-0.39, 0.29) is 37.4 Å². The molecule has 2 atom stereocenters. The molecule has 0 bridgehead atoms. The van der Waals surface area contributed by atoms with Gasteiger partial charge >= 0.3 is 6.18 Å². The number of piperazine rings is 1. The lowest BCUT2D eigenvalue weighted by Crippen LogP contribution is -2.58.